The molecule has 0 radical (unpaired) electrons. The molecule has 2 rings (SSSR count). The van der Waals surface area contributed by atoms with Gasteiger partial charge in [-0.2, -0.15) is 0 Å². The lowest BCUT2D eigenvalue weighted by molar-refractivity contribution is 0.0677. The van der Waals surface area contributed by atoms with Crippen molar-refractivity contribution in [2.24, 2.45) is 5.73 Å². The van der Waals surface area contributed by atoms with E-state index in [1.165, 1.54) is 0 Å². The topological polar surface area (TPSA) is 83.6 Å². The molecule has 5 heteroatoms. The second-order valence-corrected chi connectivity index (χ2v) is 4.42. The fraction of sp³-hybridized carbons (Fsp3) is 0.385. The zero-order chi connectivity index (χ0) is 13.1. The van der Waals surface area contributed by atoms with Crippen LogP contribution in [0.15, 0.2) is 24.3 Å². The maximum absolute atomic E-state index is 12.2. The van der Waals surface area contributed by atoms with Crippen molar-refractivity contribution in [3.8, 4) is 0 Å². The van der Waals surface area contributed by atoms with Gasteiger partial charge in [-0.25, -0.2) is 0 Å². The highest BCUT2D eigenvalue weighted by atomic mass is 16.3. The molecule has 1 saturated heterocycles. The van der Waals surface area contributed by atoms with Gasteiger partial charge >= 0.3 is 0 Å². The van der Waals surface area contributed by atoms with Crippen molar-refractivity contribution in [2.45, 2.75) is 18.9 Å². The van der Waals surface area contributed by atoms with E-state index in [1.54, 1.807) is 29.2 Å². The maximum atomic E-state index is 12.2. The van der Waals surface area contributed by atoms with Gasteiger partial charge in [0, 0.05) is 17.7 Å². The molecule has 0 spiro atoms. The standard InChI is InChI=1S/C13H16N2O3/c14-12(17)9-3-5-10(6-4-9)13(18)15-7-1-2-11(15)8-16/h3-6,11,16H,1-2,7-8H2,(H2,14,17)/t11-/m1/s1. The third kappa shape index (κ3) is 2.36. The molecule has 5 nitrogen and oxygen atoms in total. The smallest absolute Gasteiger partial charge is 0.254 e. The number of hydrogen-bond donors (Lipinski definition) is 2. The van der Waals surface area contributed by atoms with Crippen molar-refractivity contribution in [3.05, 3.63) is 35.4 Å². The van der Waals surface area contributed by atoms with Crippen LogP contribution in [-0.4, -0.2) is 41.0 Å². The number of amides is 2. The Balaban J connectivity index is 2.16. The van der Waals surface area contributed by atoms with E-state index in [2.05, 4.69) is 0 Å². The minimum Gasteiger partial charge on any atom is -0.394 e. The van der Waals surface area contributed by atoms with Crippen LogP contribution in [0.2, 0.25) is 0 Å². The number of aliphatic hydroxyl groups is 1. The van der Waals surface area contributed by atoms with Crippen LogP contribution in [-0.2, 0) is 0 Å². The molecule has 3 N–H and O–H groups in total. The number of rotatable bonds is 3. The van der Waals surface area contributed by atoms with E-state index in [0.717, 1.165) is 12.8 Å². The van der Waals surface area contributed by atoms with E-state index in [4.69, 9.17) is 5.73 Å². The number of benzene rings is 1. The third-order valence-electron chi connectivity index (χ3n) is 3.27. The van der Waals surface area contributed by atoms with Crippen LogP contribution in [0.4, 0.5) is 0 Å². The second kappa shape index (κ2) is 5.18. The van der Waals surface area contributed by atoms with Crippen molar-refractivity contribution in [1.29, 1.82) is 0 Å². The Kier molecular flexibility index (Phi) is 3.62. The summed E-state index contributed by atoms with van der Waals surface area (Å²) >= 11 is 0. The zero-order valence-electron chi connectivity index (χ0n) is 10.0. The summed E-state index contributed by atoms with van der Waals surface area (Å²) in [5.74, 6) is -0.619. The number of nitrogens with two attached hydrogens (primary N) is 1. The van der Waals surface area contributed by atoms with Crippen LogP contribution in [0, 0.1) is 0 Å². The highest BCUT2D eigenvalue weighted by Crippen LogP contribution is 2.19. The highest BCUT2D eigenvalue weighted by molar-refractivity contribution is 5.97. The average molecular weight is 248 g/mol. The van der Waals surface area contributed by atoms with Gasteiger partial charge in [-0.15, -0.1) is 0 Å². The van der Waals surface area contributed by atoms with Crippen LogP contribution >= 0.6 is 0 Å². The summed E-state index contributed by atoms with van der Waals surface area (Å²) in [6.07, 6.45) is 1.75. The van der Waals surface area contributed by atoms with E-state index < -0.39 is 5.91 Å². The predicted octanol–water partition coefficient (Wildman–Crippen LogP) is 0.382. The summed E-state index contributed by atoms with van der Waals surface area (Å²) in [6.45, 7) is 0.659. The molecule has 0 aromatic heterocycles. The molecular weight excluding hydrogens is 232 g/mol. The molecule has 18 heavy (non-hydrogen) atoms. The molecule has 1 fully saturated rings. The molecular formula is C13H16N2O3. The Bertz CT molecular complexity index is 456. The number of aliphatic hydroxyl groups excluding tert-OH is 1. The Hall–Kier alpha value is -1.88. The number of likely N-dealkylation sites (tertiary alicyclic amines) is 1. The summed E-state index contributed by atoms with van der Waals surface area (Å²) in [5, 5.41) is 9.19. The van der Waals surface area contributed by atoms with Gasteiger partial charge in [0.05, 0.1) is 12.6 Å². The average Bonchev–Trinajstić information content (AvgIpc) is 2.86. The number of primary amides is 1. The van der Waals surface area contributed by atoms with Crippen LogP contribution in [0.5, 0.6) is 0 Å². The third-order valence-corrected chi connectivity index (χ3v) is 3.27. The largest absolute Gasteiger partial charge is 0.394 e. The highest BCUT2D eigenvalue weighted by Gasteiger charge is 2.28. The first-order valence-electron chi connectivity index (χ1n) is 5.95. The molecule has 1 aromatic rings. The van der Waals surface area contributed by atoms with Crippen molar-refractivity contribution >= 4 is 11.8 Å². The van der Waals surface area contributed by atoms with Crippen LogP contribution < -0.4 is 5.73 Å². The van der Waals surface area contributed by atoms with Crippen molar-refractivity contribution < 1.29 is 14.7 Å². The van der Waals surface area contributed by atoms with Gasteiger partial charge in [0.1, 0.15) is 0 Å². The lowest BCUT2D eigenvalue weighted by Gasteiger charge is -2.23. The van der Waals surface area contributed by atoms with Crippen molar-refractivity contribution in [2.75, 3.05) is 13.2 Å². The van der Waals surface area contributed by atoms with Crippen LogP contribution in [0.25, 0.3) is 0 Å². The van der Waals surface area contributed by atoms with E-state index in [-0.39, 0.29) is 18.6 Å². The molecule has 1 aliphatic heterocycles. The maximum Gasteiger partial charge on any atom is 0.254 e. The predicted molar refractivity (Wildman–Crippen MR) is 66.1 cm³/mol. The van der Waals surface area contributed by atoms with Gasteiger partial charge in [-0.05, 0) is 37.1 Å². The molecule has 1 aliphatic rings. The summed E-state index contributed by atoms with van der Waals surface area (Å²) in [6, 6.07) is 6.18. The number of hydrogen-bond acceptors (Lipinski definition) is 3. The normalized spacial score (nSPS) is 18.9. The zero-order valence-corrected chi connectivity index (χ0v) is 10.0. The number of carbonyl (C=O) groups excluding carboxylic acids is 2. The quantitative estimate of drug-likeness (QED) is 0.811. The summed E-state index contributed by atoms with van der Waals surface area (Å²) in [7, 11) is 0. The molecule has 0 aliphatic carbocycles. The number of nitrogens with zero attached hydrogens (tertiary/aromatic N) is 1. The summed E-state index contributed by atoms with van der Waals surface area (Å²) in [5.41, 5.74) is 6.03. The van der Waals surface area contributed by atoms with Gasteiger partial charge in [-0.1, -0.05) is 0 Å². The molecule has 0 saturated carbocycles. The molecule has 1 heterocycles. The Labute approximate surface area is 105 Å². The van der Waals surface area contributed by atoms with Crippen LogP contribution in [0.3, 0.4) is 0 Å². The molecule has 0 bridgehead atoms. The van der Waals surface area contributed by atoms with E-state index in [9.17, 15) is 14.7 Å². The minimum absolute atomic E-state index is 0.00882. The van der Waals surface area contributed by atoms with Crippen molar-refractivity contribution in [1.82, 2.24) is 4.90 Å². The SMILES string of the molecule is NC(=O)c1ccc(C(=O)N2CCC[C@@H]2CO)cc1. The van der Waals surface area contributed by atoms with Gasteiger partial charge in [-0.3, -0.25) is 9.59 Å². The van der Waals surface area contributed by atoms with Gasteiger partial charge < -0.3 is 15.7 Å². The lowest BCUT2D eigenvalue weighted by Crippen LogP contribution is -2.37. The molecule has 1 atom stereocenters. The summed E-state index contributed by atoms with van der Waals surface area (Å²) < 4.78 is 0. The van der Waals surface area contributed by atoms with Crippen molar-refractivity contribution in [3.63, 3.8) is 0 Å². The second-order valence-electron chi connectivity index (χ2n) is 4.42. The first-order valence-corrected chi connectivity index (χ1v) is 5.95. The summed E-state index contributed by atoms with van der Waals surface area (Å²) in [4.78, 5) is 24.8. The fourth-order valence-corrected chi connectivity index (χ4v) is 2.24. The number of carbonyl (C=O) groups is 2. The Morgan fingerprint density at radius 1 is 1.28 bits per heavy atom. The first-order chi connectivity index (χ1) is 8.63. The molecule has 0 unspecified atom stereocenters. The van der Waals surface area contributed by atoms with E-state index in [0.29, 0.717) is 17.7 Å². The van der Waals surface area contributed by atoms with Crippen LogP contribution in [0.1, 0.15) is 33.6 Å². The lowest BCUT2D eigenvalue weighted by atomic mass is 10.1. The van der Waals surface area contributed by atoms with Gasteiger partial charge in [0.2, 0.25) is 5.91 Å². The monoisotopic (exact) mass is 248 g/mol. The Morgan fingerprint density at radius 3 is 2.44 bits per heavy atom. The van der Waals surface area contributed by atoms with Gasteiger partial charge in [0.25, 0.3) is 5.91 Å². The fourth-order valence-electron chi connectivity index (χ4n) is 2.24. The van der Waals surface area contributed by atoms with E-state index in [1.807, 2.05) is 0 Å². The molecule has 1 aromatic carbocycles. The van der Waals surface area contributed by atoms with E-state index >= 15 is 0 Å². The molecule has 96 valence electrons. The minimum atomic E-state index is -0.511. The van der Waals surface area contributed by atoms with Gasteiger partial charge in [0.15, 0.2) is 0 Å². The first kappa shape index (κ1) is 12.6. The molecule has 2 amide bonds. The Morgan fingerprint density at radius 2 is 1.89 bits per heavy atom.